The molecule has 0 aliphatic carbocycles. The van der Waals surface area contributed by atoms with Crippen molar-refractivity contribution in [2.45, 2.75) is 19.0 Å². The SMILES string of the molecule is CC1(Cn2cccn2)NC(=O)N(c2ccc(Oc3ccccc3Cl)cc2)C1=O. The summed E-state index contributed by atoms with van der Waals surface area (Å²) in [5.74, 6) is 0.731. The Morgan fingerprint density at radius 1 is 1.11 bits per heavy atom. The van der Waals surface area contributed by atoms with E-state index in [1.807, 2.05) is 12.1 Å². The summed E-state index contributed by atoms with van der Waals surface area (Å²) in [7, 11) is 0. The molecule has 1 aliphatic rings. The first-order valence-corrected chi connectivity index (χ1v) is 9.01. The van der Waals surface area contributed by atoms with Crippen molar-refractivity contribution in [2.75, 3.05) is 4.90 Å². The van der Waals surface area contributed by atoms with Gasteiger partial charge in [0, 0.05) is 12.4 Å². The number of anilines is 1. The molecule has 2 aromatic carbocycles. The number of urea groups is 1. The van der Waals surface area contributed by atoms with Gasteiger partial charge in [0.2, 0.25) is 0 Å². The monoisotopic (exact) mass is 396 g/mol. The number of ether oxygens (including phenoxy) is 1. The van der Waals surface area contributed by atoms with Gasteiger partial charge in [-0.15, -0.1) is 0 Å². The number of nitrogens with zero attached hydrogens (tertiary/aromatic N) is 3. The lowest BCUT2D eigenvalue weighted by Crippen LogP contribution is -2.47. The summed E-state index contributed by atoms with van der Waals surface area (Å²) in [6.07, 6.45) is 3.37. The maximum absolute atomic E-state index is 12.9. The average Bonchev–Trinajstić information content (AvgIpc) is 3.24. The smallest absolute Gasteiger partial charge is 0.329 e. The zero-order chi connectivity index (χ0) is 19.7. The molecule has 0 bridgehead atoms. The van der Waals surface area contributed by atoms with Gasteiger partial charge in [0.05, 0.1) is 17.3 Å². The van der Waals surface area contributed by atoms with Crippen molar-refractivity contribution in [3.05, 3.63) is 72.0 Å². The van der Waals surface area contributed by atoms with Crippen molar-refractivity contribution < 1.29 is 14.3 Å². The Hall–Kier alpha value is -3.32. The fourth-order valence-electron chi connectivity index (χ4n) is 3.06. The third kappa shape index (κ3) is 3.32. The van der Waals surface area contributed by atoms with E-state index in [4.69, 9.17) is 16.3 Å². The van der Waals surface area contributed by atoms with Crippen molar-refractivity contribution in [1.82, 2.24) is 15.1 Å². The summed E-state index contributed by atoms with van der Waals surface area (Å²) < 4.78 is 7.36. The van der Waals surface area contributed by atoms with E-state index < -0.39 is 11.6 Å². The lowest BCUT2D eigenvalue weighted by Gasteiger charge is -2.21. The van der Waals surface area contributed by atoms with Gasteiger partial charge in [0.1, 0.15) is 17.0 Å². The van der Waals surface area contributed by atoms with Crippen LogP contribution < -0.4 is 15.0 Å². The van der Waals surface area contributed by atoms with Crippen LogP contribution in [0.15, 0.2) is 67.0 Å². The molecule has 7 nitrogen and oxygen atoms in total. The Labute approximate surface area is 166 Å². The molecule has 0 saturated carbocycles. The summed E-state index contributed by atoms with van der Waals surface area (Å²) in [6.45, 7) is 1.93. The predicted octanol–water partition coefficient (Wildman–Crippen LogP) is 3.84. The maximum Gasteiger partial charge on any atom is 0.329 e. The summed E-state index contributed by atoms with van der Waals surface area (Å²) in [5, 5.41) is 7.36. The van der Waals surface area contributed by atoms with E-state index in [9.17, 15) is 9.59 Å². The van der Waals surface area contributed by atoms with Crippen LogP contribution in [-0.4, -0.2) is 27.3 Å². The van der Waals surface area contributed by atoms with E-state index in [2.05, 4.69) is 10.4 Å². The quantitative estimate of drug-likeness (QED) is 0.665. The second-order valence-corrected chi connectivity index (χ2v) is 7.04. The molecule has 1 unspecified atom stereocenters. The third-order valence-corrected chi connectivity index (χ3v) is 4.77. The van der Waals surface area contributed by atoms with E-state index in [1.54, 1.807) is 66.5 Å². The van der Waals surface area contributed by atoms with E-state index in [-0.39, 0.29) is 12.5 Å². The Kier molecular flexibility index (Phi) is 4.52. The molecule has 1 N–H and O–H groups in total. The van der Waals surface area contributed by atoms with Gasteiger partial charge in [0.25, 0.3) is 5.91 Å². The standard InChI is InChI=1S/C20H17ClN4O3/c1-20(13-24-12-4-11-22-24)18(26)25(19(27)23-20)14-7-9-15(10-8-14)28-17-6-3-2-5-16(17)21/h2-12H,13H2,1H3,(H,23,27). The summed E-state index contributed by atoms with van der Waals surface area (Å²) in [4.78, 5) is 26.5. The van der Waals surface area contributed by atoms with Crippen LogP contribution in [0.3, 0.4) is 0 Å². The molecule has 1 aliphatic heterocycles. The number of benzene rings is 2. The Bertz CT molecular complexity index is 1020. The van der Waals surface area contributed by atoms with Gasteiger partial charge in [-0.05, 0) is 49.4 Å². The van der Waals surface area contributed by atoms with Crippen LogP contribution in [0.25, 0.3) is 0 Å². The largest absolute Gasteiger partial charge is 0.456 e. The molecular weight excluding hydrogens is 380 g/mol. The second-order valence-electron chi connectivity index (χ2n) is 6.63. The van der Waals surface area contributed by atoms with Gasteiger partial charge in [0.15, 0.2) is 0 Å². The van der Waals surface area contributed by atoms with E-state index in [1.165, 1.54) is 0 Å². The zero-order valence-electron chi connectivity index (χ0n) is 15.0. The van der Waals surface area contributed by atoms with Gasteiger partial charge in [-0.25, -0.2) is 9.69 Å². The van der Waals surface area contributed by atoms with E-state index in [0.29, 0.717) is 22.2 Å². The van der Waals surface area contributed by atoms with Crippen LogP contribution in [0.2, 0.25) is 5.02 Å². The van der Waals surface area contributed by atoms with E-state index >= 15 is 0 Å². The fraction of sp³-hybridized carbons (Fsp3) is 0.150. The molecular formula is C20H17ClN4O3. The molecule has 1 saturated heterocycles. The van der Waals surface area contributed by atoms with Crippen LogP contribution in [0.4, 0.5) is 10.5 Å². The summed E-state index contributed by atoms with van der Waals surface area (Å²) in [5.41, 5.74) is -0.617. The number of carbonyl (C=O) groups is 2. The molecule has 3 aromatic rings. The summed E-state index contributed by atoms with van der Waals surface area (Å²) >= 11 is 6.10. The van der Waals surface area contributed by atoms with Crippen molar-refractivity contribution >= 4 is 29.2 Å². The highest BCUT2D eigenvalue weighted by Gasteiger charge is 2.48. The Morgan fingerprint density at radius 2 is 1.86 bits per heavy atom. The zero-order valence-corrected chi connectivity index (χ0v) is 15.8. The van der Waals surface area contributed by atoms with Crippen molar-refractivity contribution in [3.8, 4) is 11.5 Å². The number of nitrogens with one attached hydrogen (secondary N) is 1. The van der Waals surface area contributed by atoms with Crippen LogP contribution >= 0.6 is 11.6 Å². The van der Waals surface area contributed by atoms with Crippen LogP contribution in [0, 0.1) is 0 Å². The van der Waals surface area contributed by atoms with Crippen LogP contribution in [0.5, 0.6) is 11.5 Å². The van der Waals surface area contributed by atoms with Crippen molar-refractivity contribution in [1.29, 1.82) is 0 Å². The molecule has 4 rings (SSSR count). The Balaban J connectivity index is 1.53. The average molecular weight is 397 g/mol. The Morgan fingerprint density at radius 3 is 2.54 bits per heavy atom. The lowest BCUT2D eigenvalue weighted by atomic mass is 10.0. The molecule has 28 heavy (non-hydrogen) atoms. The minimum atomic E-state index is -1.07. The topological polar surface area (TPSA) is 76.5 Å². The molecule has 1 fully saturated rings. The highest BCUT2D eigenvalue weighted by atomic mass is 35.5. The molecule has 8 heteroatoms. The minimum Gasteiger partial charge on any atom is -0.456 e. The number of rotatable bonds is 5. The first-order chi connectivity index (χ1) is 13.5. The molecule has 0 radical (unpaired) electrons. The van der Waals surface area contributed by atoms with Gasteiger partial charge in [-0.3, -0.25) is 9.48 Å². The predicted molar refractivity (Wildman–Crippen MR) is 105 cm³/mol. The molecule has 2 heterocycles. The second kappa shape index (κ2) is 7.01. The van der Waals surface area contributed by atoms with Gasteiger partial charge in [-0.2, -0.15) is 5.10 Å². The van der Waals surface area contributed by atoms with Gasteiger partial charge < -0.3 is 10.1 Å². The third-order valence-electron chi connectivity index (χ3n) is 4.46. The van der Waals surface area contributed by atoms with Crippen LogP contribution in [-0.2, 0) is 11.3 Å². The molecule has 1 aromatic heterocycles. The number of hydrogen-bond donors (Lipinski definition) is 1. The normalized spacial score (nSPS) is 19.0. The van der Waals surface area contributed by atoms with Gasteiger partial charge >= 0.3 is 6.03 Å². The first-order valence-electron chi connectivity index (χ1n) is 8.63. The number of para-hydroxylation sites is 1. The number of halogens is 1. The fourth-order valence-corrected chi connectivity index (χ4v) is 3.24. The number of imide groups is 1. The lowest BCUT2D eigenvalue weighted by molar-refractivity contribution is -0.122. The minimum absolute atomic E-state index is 0.245. The molecule has 3 amide bonds. The van der Waals surface area contributed by atoms with E-state index in [0.717, 1.165) is 4.90 Å². The molecule has 142 valence electrons. The van der Waals surface area contributed by atoms with Gasteiger partial charge in [-0.1, -0.05) is 23.7 Å². The molecule has 1 atom stereocenters. The molecule has 0 spiro atoms. The number of carbonyl (C=O) groups excluding carboxylic acids is 2. The van der Waals surface area contributed by atoms with Crippen molar-refractivity contribution in [2.24, 2.45) is 0 Å². The summed E-state index contributed by atoms with van der Waals surface area (Å²) in [6, 6.07) is 15.1. The van der Waals surface area contributed by atoms with Crippen LogP contribution in [0.1, 0.15) is 6.92 Å². The van der Waals surface area contributed by atoms with Crippen molar-refractivity contribution in [3.63, 3.8) is 0 Å². The highest BCUT2D eigenvalue weighted by Crippen LogP contribution is 2.31. The number of hydrogen-bond acceptors (Lipinski definition) is 4. The highest BCUT2D eigenvalue weighted by molar-refractivity contribution is 6.32. The maximum atomic E-state index is 12.9. The number of aromatic nitrogens is 2. The number of amides is 3. The first kappa shape index (κ1) is 18.1.